The second kappa shape index (κ2) is 4.46. The summed E-state index contributed by atoms with van der Waals surface area (Å²) in [5.74, 6) is 0. The molecule has 17 heavy (non-hydrogen) atoms. The predicted octanol–water partition coefficient (Wildman–Crippen LogP) is -0.699. The summed E-state index contributed by atoms with van der Waals surface area (Å²) in [6, 6.07) is 0. The number of hydrogen-bond acceptors (Lipinski definition) is 5. The molecule has 0 aromatic carbocycles. The van der Waals surface area contributed by atoms with E-state index < -0.39 is 0 Å². The predicted molar refractivity (Wildman–Crippen MR) is 63.6 cm³/mol. The highest BCUT2D eigenvalue weighted by Crippen LogP contribution is 2.02. The summed E-state index contributed by atoms with van der Waals surface area (Å²) in [6.45, 7) is 4.85. The van der Waals surface area contributed by atoms with E-state index in [1.165, 1.54) is 15.6 Å². The highest BCUT2D eigenvalue weighted by Gasteiger charge is 2.09. The molecule has 0 aliphatic heterocycles. The average molecular weight is 234 g/mol. The molecule has 0 amide bonds. The lowest BCUT2D eigenvalue weighted by atomic mass is 10.3. The fraction of sp³-hybridized carbons (Fsp3) is 0.400. The van der Waals surface area contributed by atoms with Gasteiger partial charge >= 0.3 is 0 Å². The third-order valence-electron chi connectivity index (χ3n) is 2.42. The van der Waals surface area contributed by atoms with Gasteiger partial charge < -0.3 is 5.32 Å². The van der Waals surface area contributed by atoms with Crippen molar-refractivity contribution in [1.29, 1.82) is 0 Å². The van der Waals surface area contributed by atoms with Crippen LogP contribution in [-0.4, -0.2) is 38.4 Å². The van der Waals surface area contributed by atoms with E-state index in [4.69, 9.17) is 0 Å². The molecule has 0 bridgehead atoms. The summed E-state index contributed by atoms with van der Waals surface area (Å²) in [4.78, 5) is 12.0. The second-order valence-electron chi connectivity index (χ2n) is 3.84. The van der Waals surface area contributed by atoms with Gasteiger partial charge in [-0.1, -0.05) is 11.8 Å². The van der Waals surface area contributed by atoms with E-state index >= 15 is 0 Å². The van der Waals surface area contributed by atoms with E-state index in [1.54, 1.807) is 7.05 Å². The van der Waals surface area contributed by atoms with Crippen molar-refractivity contribution in [3.8, 4) is 0 Å². The second-order valence-corrected chi connectivity index (χ2v) is 3.84. The van der Waals surface area contributed by atoms with Crippen LogP contribution >= 0.6 is 0 Å². The van der Waals surface area contributed by atoms with Gasteiger partial charge in [0.15, 0.2) is 5.65 Å². The van der Waals surface area contributed by atoms with Crippen molar-refractivity contribution in [1.82, 2.24) is 30.1 Å². The number of nitrogens with one attached hydrogen (secondary N) is 1. The number of likely N-dealkylation sites (N-methyl/N-ethyl adjacent to an activating group) is 1. The highest BCUT2D eigenvalue weighted by molar-refractivity contribution is 5.72. The van der Waals surface area contributed by atoms with E-state index in [0.29, 0.717) is 24.1 Å². The molecule has 7 nitrogen and oxygen atoms in total. The monoisotopic (exact) mass is 234 g/mol. The molecular formula is C10H14N6O. The van der Waals surface area contributed by atoms with Gasteiger partial charge in [0.1, 0.15) is 5.39 Å². The Kier molecular flexibility index (Phi) is 3.01. The molecule has 0 aliphatic carbocycles. The van der Waals surface area contributed by atoms with Gasteiger partial charge in [-0.3, -0.25) is 4.79 Å². The van der Waals surface area contributed by atoms with Gasteiger partial charge in [0.2, 0.25) is 0 Å². The maximum Gasteiger partial charge on any atom is 0.281 e. The van der Waals surface area contributed by atoms with Gasteiger partial charge in [-0.15, -0.1) is 5.10 Å². The maximum atomic E-state index is 12.0. The first-order valence-electron chi connectivity index (χ1n) is 5.20. The minimum Gasteiger partial charge on any atom is -0.316 e. The third-order valence-corrected chi connectivity index (χ3v) is 2.42. The summed E-state index contributed by atoms with van der Waals surface area (Å²) in [5, 5.41) is 15.3. The van der Waals surface area contributed by atoms with Crippen molar-refractivity contribution >= 4 is 11.0 Å². The quantitative estimate of drug-likeness (QED) is 0.708. The Bertz CT molecular complexity index is 611. The van der Waals surface area contributed by atoms with E-state index in [2.05, 4.69) is 27.3 Å². The van der Waals surface area contributed by atoms with Crippen LogP contribution in [0.2, 0.25) is 0 Å². The van der Waals surface area contributed by atoms with Crippen LogP contribution in [0, 0.1) is 0 Å². The summed E-state index contributed by atoms with van der Waals surface area (Å²) in [5.41, 5.74) is 1.16. The maximum absolute atomic E-state index is 12.0. The first-order valence-corrected chi connectivity index (χ1v) is 5.20. The molecule has 0 atom stereocenters. The minimum atomic E-state index is -0.194. The lowest BCUT2D eigenvalue weighted by Gasteiger charge is -2.05. The van der Waals surface area contributed by atoms with Gasteiger partial charge in [0, 0.05) is 13.6 Å². The smallest absolute Gasteiger partial charge is 0.281 e. The van der Waals surface area contributed by atoms with Crippen LogP contribution < -0.4 is 10.9 Å². The first-order chi connectivity index (χ1) is 8.13. The molecule has 2 aromatic rings. The highest BCUT2D eigenvalue weighted by atomic mass is 16.1. The van der Waals surface area contributed by atoms with Crippen molar-refractivity contribution in [2.75, 3.05) is 13.6 Å². The molecule has 7 heteroatoms. The molecular weight excluding hydrogens is 220 g/mol. The standard InChI is InChI=1S/C10H14N6O/c1-7(4-11-2)6-16-10(17)8-5-12-15(3)9(8)13-14-16/h5,11H,1,4,6H2,2-3H3. The van der Waals surface area contributed by atoms with Crippen LogP contribution in [0.5, 0.6) is 0 Å². The van der Waals surface area contributed by atoms with E-state index in [-0.39, 0.29) is 5.56 Å². The molecule has 90 valence electrons. The Morgan fingerprint density at radius 1 is 1.59 bits per heavy atom. The zero-order valence-corrected chi connectivity index (χ0v) is 9.84. The molecule has 0 fully saturated rings. The summed E-state index contributed by atoms with van der Waals surface area (Å²) in [6.07, 6.45) is 1.50. The number of aromatic nitrogens is 5. The normalized spacial score (nSPS) is 10.9. The largest absolute Gasteiger partial charge is 0.316 e. The molecule has 0 saturated carbocycles. The molecule has 2 heterocycles. The zero-order valence-electron chi connectivity index (χ0n) is 9.84. The Hall–Kier alpha value is -2.02. The fourth-order valence-electron chi connectivity index (χ4n) is 1.60. The van der Waals surface area contributed by atoms with Crippen molar-refractivity contribution in [2.45, 2.75) is 6.54 Å². The van der Waals surface area contributed by atoms with Gasteiger partial charge in [0.25, 0.3) is 5.56 Å². The Morgan fingerprint density at radius 3 is 3.06 bits per heavy atom. The van der Waals surface area contributed by atoms with Crippen molar-refractivity contribution < 1.29 is 0 Å². The SMILES string of the molecule is C=C(CNC)Cn1nnc2c(cnn2C)c1=O. The summed E-state index contributed by atoms with van der Waals surface area (Å²) >= 11 is 0. The molecule has 2 aromatic heterocycles. The number of aryl methyl sites for hydroxylation is 1. The molecule has 0 radical (unpaired) electrons. The van der Waals surface area contributed by atoms with Gasteiger partial charge in [-0.05, 0) is 12.6 Å². The summed E-state index contributed by atoms with van der Waals surface area (Å²) in [7, 11) is 3.55. The van der Waals surface area contributed by atoms with Crippen molar-refractivity contribution in [3.63, 3.8) is 0 Å². The topological polar surface area (TPSA) is 77.6 Å². The Morgan fingerprint density at radius 2 is 2.35 bits per heavy atom. The summed E-state index contributed by atoms with van der Waals surface area (Å²) < 4.78 is 2.82. The van der Waals surface area contributed by atoms with Crippen molar-refractivity contribution in [2.24, 2.45) is 7.05 Å². The average Bonchev–Trinajstić information content (AvgIpc) is 2.66. The molecule has 0 spiro atoms. The van der Waals surface area contributed by atoms with Crippen LogP contribution in [0.1, 0.15) is 0 Å². The molecule has 1 N–H and O–H groups in total. The molecule has 0 aliphatic rings. The Labute approximate surface area is 97.7 Å². The third kappa shape index (κ3) is 2.09. The number of rotatable bonds is 4. The molecule has 0 unspecified atom stereocenters. The van der Waals surface area contributed by atoms with Crippen molar-refractivity contribution in [3.05, 3.63) is 28.7 Å². The van der Waals surface area contributed by atoms with Crippen LogP contribution in [0.4, 0.5) is 0 Å². The van der Waals surface area contributed by atoms with Crippen LogP contribution in [0.25, 0.3) is 11.0 Å². The number of hydrogen-bond donors (Lipinski definition) is 1. The molecule has 2 rings (SSSR count). The minimum absolute atomic E-state index is 0.194. The van der Waals surface area contributed by atoms with Gasteiger partial charge in [0.05, 0.1) is 12.7 Å². The van der Waals surface area contributed by atoms with E-state index in [0.717, 1.165) is 5.57 Å². The van der Waals surface area contributed by atoms with Gasteiger partial charge in [-0.25, -0.2) is 9.36 Å². The van der Waals surface area contributed by atoms with Crippen LogP contribution in [0.3, 0.4) is 0 Å². The van der Waals surface area contributed by atoms with E-state index in [9.17, 15) is 4.79 Å². The zero-order chi connectivity index (χ0) is 12.4. The van der Waals surface area contributed by atoms with Crippen LogP contribution in [-0.2, 0) is 13.6 Å². The first kappa shape index (κ1) is 11.5. The molecule has 0 saturated heterocycles. The van der Waals surface area contributed by atoms with E-state index in [1.807, 2.05) is 7.05 Å². The van der Waals surface area contributed by atoms with Gasteiger partial charge in [-0.2, -0.15) is 5.10 Å². The lowest BCUT2D eigenvalue weighted by molar-refractivity contribution is 0.580. The lowest BCUT2D eigenvalue weighted by Crippen LogP contribution is -2.26. The number of fused-ring (bicyclic) bond motifs is 1. The number of nitrogens with zero attached hydrogens (tertiary/aromatic N) is 5. The Balaban J connectivity index is 2.40. The van der Waals surface area contributed by atoms with Crippen LogP contribution in [0.15, 0.2) is 23.1 Å². The fourth-order valence-corrected chi connectivity index (χ4v) is 1.60.